The van der Waals surface area contributed by atoms with Crippen molar-refractivity contribution in [2.45, 2.75) is 219 Å². The van der Waals surface area contributed by atoms with Gasteiger partial charge in [0.1, 0.15) is 0 Å². The summed E-state index contributed by atoms with van der Waals surface area (Å²) in [5.74, 6) is 0. The molecule has 0 saturated carbocycles. The average molecular weight is 699 g/mol. The number of rotatable bonds is 38. The van der Waals surface area contributed by atoms with E-state index in [1.165, 1.54) is 167 Å². The summed E-state index contributed by atoms with van der Waals surface area (Å²) in [7, 11) is -4.11. The smallest absolute Gasteiger partial charge is 0.316 e. The van der Waals surface area contributed by atoms with Crippen molar-refractivity contribution in [3.05, 3.63) is 0 Å². The minimum absolute atomic E-state index is 0.183. The van der Waals surface area contributed by atoms with E-state index in [9.17, 15) is 14.0 Å². The highest BCUT2D eigenvalue weighted by Gasteiger charge is 2.34. The Hall–Kier alpha value is 0.650. The maximum Gasteiger partial charge on any atom is 0.482 e. The lowest BCUT2D eigenvalue weighted by Gasteiger charge is -2.18. The van der Waals surface area contributed by atoms with Crippen molar-refractivity contribution >= 4 is 26.9 Å². The highest BCUT2D eigenvalue weighted by molar-refractivity contribution is 8.44. The second-order valence-electron chi connectivity index (χ2n) is 13.3. The van der Waals surface area contributed by atoms with Gasteiger partial charge in [0.25, 0.3) is 0 Å². The van der Waals surface area contributed by atoms with Crippen LogP contribution in [0.4, 0.5) is 0 Å². The molecule has 272 valence electrons. The Morgan fingerprint density at radius 3 is 0.800 bits per heavy atom. The fourth-order valence-electron chi connectivity index (χ4n) is 5.87. The molecule has 0 heterocycles. The van der Waals surface area contributed by atoms with Gasteiger partial charge in [0.15, 0.2) is 0 Å². The molecule has 9 heteroatoms. The fraction of sp³-hybridized carbons (Fsp3) is 1.00. The molecule has 0 aromatic carbocycles. The summed E-state index contributed by atoms with van der Waals surface area (Å²) in [5.41, 5.74) is 0. The first kappa shape index (κ1) is 45.6. The summed E-state index contributed by atoms with van der Waals surface area (Å²) < 4.78 is 40.1. The predicted octanol–water partition coefficient (Wildman–Crippen LogP) is 14.7. The van der Waals surface area contributed by atoms with Gasteiger partial charge in [-0.15, -0.1) is 0 Å². The first-order valence-corrected chi connectivity index (χ1v) is 23.7. The van der Waals surface area contributed by atoms with E-state index in [1.54, 1.807) is 0 Å². The quantitative estimate of drug-likeness (QED) is 0.0379. The van der Waals surface area contributed by atoms with Crippen LogP contribution in [0.25, 0.3) is 0 Å². The molecule has 0 spiro atoms. The minimum atomic E-state index is -4.29. The monoisotopic (exact) mass is 698 g/mol. The van der Waals surface area contributed by atoms with Gasteiger partial charge in [-0.1, -0.05) is 219 Å². The van der Waals surface area contributed by atoms with E-state index in [0.29, 0.717) is 0 Å². The Labute approximate surface area is 286 Å². The van der Waals surface area contributed by atoms with Crippen LogP contribution in [-0.4, -0.2) is 18.1 Å². The number of hydrogen-bond acceptors (Lipinski definition) is 5. The standard InChI is InChI=1S/C36H76O6P2S/c1-3-5-7-9-11-13-15-17-19-21-23-25-27-29-31-33-35-40-44(39,42-43(37,38)45)41-36-34-32-30-28-26-24-22-20-18-16-14-12-10-8-6-4-2/h3-36H2,1-2H3,(H2,37,38,45). The van der Waals surface area contributed by atoms with Gasteiger partial charge in [-0.25, -0.2) is 9.13 Å². The van der Waals surface area contributed by atoms with Gasteiger partial charge in [-0.05, 0) is 12.8 Å². The van der Waals surface area contributed by atoms with Crippen LogP contribution in [0.2, 0.25) is 0 Å². The van der Waals surface area contributed by atoms with Crippen molar-refractivity contribution in [3.63, 3.8) is 0 Å². The van der Waals surface area contributed by atoms with E-state index in [0.717, 1.165) is 38.5 Å². The molecule has 1 N–H and O–H groups in total. The topological polar surface area (TPSA) is 82.1 Å². The van der Waals surface area contributed by atoms with Crippen molar-refractivity contribution in [1.82, 2.24) is 0 Å². The fourth-order valence-corrected chi connectivity index (χ4v) is 8.87. The lowest BCUT2D eigenvalue weighted by molar-refractivity contribution is 0.148. The lowest BCUT2D eigenvalue weighted by atomic mass is 10.0. The predicted molar refractivity (Wildman–Crippen MR) is 198 cm³/mol. The van der Waals surface area contributed by atoms with E-state index >= 15 is 0 Å². The SMILES string of the molecule is CCCCCCCCCCCCCCCCCCOP(=O)(OCCCCCCCCCCCCCCCCCC)OP(=O)(O)S. The molecule has 1 atom stereocenters. The zero-order valence-electron chi connectivity index (χ0n) is 29.9. The van der Waals surface area contributed by atoms with Gasteiger partial charge in [0.05, 0.1) is 13.2 Å². The molecule has 0 aliphatic heterocycles. The third kappa shape index (κ3) is 37.3. The van der Waals surface area contributed by atoms with Gasteiger partial charge in [-0.3, -0.25) is 9.05 Å². The second kappa shape index (κ2) is 34.5. The highest BCUT2D eigenvalue weighted by atomic mass is 32.7. The van der Waals surface area contributed by atoms with E-state index in [2.05, 4.69) is 26.1 Å². The molecule has 1 unspecified atom stereocenters. The normalized spacial score (nSPS) is 13.4. The van der Waals surface area contributed by atoms with Gasteiger partial charge in [-0.2, -0.15) is 4.31 Å². The van der Waals surface area contributed by atoms with Gasteiger partial charge < -0.3 is 4.89 Å². The van der Waals surface area contributed by atoms with E-state index in [-0.39, 0.29) is 13.2 Å². The zero-order chi connectivity index (χ0) is 33.2. The molecular formula is C36H76O6P2S. The molecule has 0 aliphatic carbocycles. The molecule has 0 aromatic heterocycles. The Morgan fingerprint density at radius 1 is 0.400 bits per heavy atom. The van der Waals surface area contributed by atoms with Crippen LogP contribution in [0.3, 0.4) is 0 Å². The largest absolute Gasteiger partial charge is 0.482 e. The maximum absolute atomic E-state index is 12.9. The van der Waals surface area contributed by atoms with Gasteiger partial charge in [0.2, 0.25) is 0 Å². The average Bonchev–Trinajstić information content (AvgIpc) is 2.99. The van der Waals surface area contributed by atoms with Crippen molar-refractivity contribution in [2.24, 2.45) is 0 Å². The van der Waals surface area contributed by atoms with Crippen LogP contribution in [0.1, 0.15) is 219 Å². The van der Waals surface area contributed by atoms with Crippen LogP contribution in [0.5, 0.6) is 0 Å². The summed E-state index contributed by atoms with van der Waals surface area (Å²) in [6.45, 7) is 0.614. The van der Waals surface area contributed by atoms with Crippen molar-refractivity contribution in [3.8, 4) is 0 Å². The molecule has 0 bridgehead atoms. The molecule has 0 aromatic rings. The molecule has 6 nitrogen and oxygen atoms in total. The maximum atomic E-state index is 12.9. The third-order valence-corrected chi connectivity index (χ3v) is 12.0. The van der Waals surface area contributed by atoms with Gasteiger partial charge in [0, 0.05) is 0 Å². The summed E-state index contributed by atoms with van der Waals surface area (Å²) in [5, 5.41) is 0. The Morgan fingerprint density at radius 2 is 0.600 bits per heavy atom. The lowest BCUT2D eigenvalue weighted by Crippen LogP contribution is -2.01. The van der Waals surface area contributed by atoms with E-state index in [1.807, 2.05) is 0 Å². The summed E-state index contributed by atoms with van der Waals surface area (Å²) in [6, 6.07) is 0. The highest BCUT2D eigenvalue weighted by Crippen LogP contribution is 2.65. The van der Waals surface area contributed by atoms with Crippen molar-refractivity contribution in [2.75, 3.05) is 13.2 Å². The summed E-state index contributed by atoms with van der Waals surface area (Å²) in [4.78, 5) is 9.51. The molecule has 45 heavy (non-hydrogen) atoms. The Bertz CT molecular complexity index is 648. The second-order valence-corrected chi connectivity index (χ2v) is 17.9. The molecule has 0 amide bonds. The number of phosphoric acid groups is 1. The van der Waals surface area contributed by atoms with Crippen LogP contribution >= 0.6 is 26.9 Å². The molecular weight excluding hydrogens is 622 g/mol. The van der Waals surface area contributed by atoms with Crippen molar-refractivity contribution < 1.29 is 27.4 Å². The minimum Gasteiger partial charge on any atom is -0.316 e. The number of unbranched alkanes of at least 4 members (excludes halogenated alkanes) is 30. The Kier molecular flexibility index (Phi) is 35.0. The van der Waals surface area contributed by atoms with Crippen molar-refractivity contribution in [1.29, 1.82) is 0 Å². The summed E-state index contributed by atoms with van der Waals surface area (Å²) >= 11 is 3.52. The third-order valence-electron chi connectivity index (χ3n) is 8.70. The zero-order valence-corrected chi connectivity index (χ0v) is 32.6. The molecule has 0 rings (SSSR count). The van der Waals surface area contributed by atoms with Crippen LogP contribution in [0, 0.1) is 0 Å². The van der Waals surface area contributed by atoms with Crippen LogP contribution < -0.4 is 0 Å². The molecule has 0 radical (unpaired) electrons. The number of thiol groups is 1. The Balaban J connectivity index is 3.70. The van der Waals surface area contributed by atoms with Crippen LogP contribution in [-0.2, 0) is 22.5 Å². The molecule has 0 saturated heterocycles. The van der Waals surface area contributed by atoms with Gasteiger partial charge >= 0.3 is 14.6 Å². The molecule has 0 aliphatic rings. The van der Waals surface area contributed by atoms with E-state index < -0.39 is 14.6 Å². The number of phosphoric ester groups is 1. The first-order valence-electron chi connectivity index (χ1n) is 19.5. The summed E-state index contributed by atoms with van der Waals surface area (Å²) in [6.07, 6.45) is 40.7. The number of hydrogen-bond donors (Lipinski definition) is 2. The first-order chi connectivity index (χ1) is 21.8. The van der Waals surface area contributed by atoms with E-state index in [4.69, 9.17) is 13.4 Å². The molecule has 0 fully saturated rings. The van der Waals surface area contributed by atoms with Crippen LogP contribution in [0.15, 0.2) is 0 Å².